The first kappa shape index (κ1) is 18.5. The summed E-state index contributed by atoms with van der Waals surface area (Å²) in [6.07, 6.45) is 1.84. The second-order valence-electron chi connectivity index (χ2n) is 6.68. The number of benzene rings is 2. The smallest absolute Gasteiger partial charge is 0.267 e. The molecule has 1 atom stereocenters. The van der Waals surface area contributed by atoms with E-state index < -0.39 is 6.04 Å². The molecule has 7 heteroatoms. The van der Waals surface area contributed by atoms with Crippen molar-refractivity contribution >= 4 is 22.5 Å². The van der Waals surface area contributed by atoms with Gasteiger partial charge in [-0.15, -0.1) is 0 Å². The third-order valence-corrected chi connectivity index (χ3v) is 4.76. The quantitative estimate of drug-likeness (QED) is 0.547. The standard InChI is InChI=1S/C22H20N4O3/c1-14(22(28)24-17-6-7-19-16(12-17)10-11-23-19)26-21(27)9-8-20(25-26)15-4-3-5-18(13-15)29-2/h3-14,23H,1-2H3,(H,24,28). The van der Waals surface area contributed by atoms with Crippen molar-refractivity contribution in [2.75, 3.05) is 12.4 Å². The van der Waals surface area contributed by atoms with Crippen molar-refractivity contribution in [3.63, 3.8) is 0 Å². The maximum Gasteiger partial charge on any atom is 0.267 e. The van der Waals surface area contributed by atoms with Crippen molar-refractivity contribution in [1.29, 1.82) is 0 Å². The number of aromatic amines is 1. The predicted molar refractivity (Wildman–Crippen MR) is 112 cm³/mol. The zero-order chi connectivity index (χ0) is 20.4. The molecule has 0 spiro atoms. The molecule has 0 bridgehead atoms. The Kier molecular flexibility index (Phi) is 4.87. The van der Waals surface area contributed by atoms with Gasteiger partial charge >= 0.3 is 0 Å². The van der Waals surface area contributed by atoms with Gasteiger partial charge in [-0.05, 0) is 49.4 Å². The van der Waals surface area contributed by atoms with Crippen LogP contribution >= 0.6 is 0 Å². The molecule has 2 aromatic heterocycles. The van der Waals surface area contributed by atoms with Crippen LogP contribution < -0.4 is 15.6 Å². The molecule has 4 aromatic rings. The molecule has 0 fully saturated rings. The Balaban J connectivity index is 1.60. The van der Waals surface area contributed by atoms with Gasteiger partial charge in [0.1, 0.15) is 11.8 Å². The Morgan fingerprint density at radius 2 is 2.00 bits per heavy atom. The van der Waals surface area contributed by atoms with Gasteiger partial charge in [0.2, 0.25) is 5.91 Å². The number of rotatable bonds is 5. The van der Waals surface area contributed by atoms with Crippen LogP contribution in [0.1, 0.15) is 13.0 Å². The molecule has 0 aliphatic rings. The minimum Gasteiger partial charge on any atom is -0.497 e. The summed E-state index contributed by atoms with van der Waals surface area (Å²) in [4.78, 5) is 28.2. The molecule has 2 heterocycles. The molecule has 7 nitrogen and oxygen atoms in total. The van der Waals surface area contributed by atoms with Crippen molar-refractivity contribution in [3.8, 4) is 17.0 Å². The number of amides is 1. The Morgan fingerprint density at radius 3 is 2.83 bits per heavy atom. The number of methoxy groups -OCH3 is 1. The number of fused-ring (bicyclic) bond motifs is 1. The van der Waals surface area contributed by atoms with Crippen LogP contribution in [0, 0.1) is 0 Å². The molecular weight excluding hydrogens is 368 g/mol. The first-order valence-electron chi connectivity index (χ1n) is 9.17. The normalized spacial score (nSPS) is 11.9. The Labute approximate surface area is 167 Å². The summed E-state index contributed by atoms with van der Waals surface area (Å²) in [5.41, 5.74) is 2.67. The zero-order valence-electron chi connectivity index (χ0n) is 16.0. The number of nitrogens with zero attached hydrogens (tertiary/aromatic N) is 2. The summed E-state index contributed by atoms with van der Waals surface area (Å²) in [6, 6.07) is 17.2. The van der Waals surface area contributed by atoms with E-state index in [0.717, 1.165) is 16.5 Å². The summed E-state index contributed by atoms with van der Waals surface area (Å²) >= 11 is 0. The molecule has 29 heavy (non-hydrogen) atoms. The van der Waals surface area contributed by atoms with Crippen molar-refractivity contribution < 1.29 is 9.53 Å². The fourth-order valence-corrected chi connectivity index (χ4v) is 3.13. The largest absolute Gasteiger partial charge is 0.497 e. The average Bonchev–Trinajstić information content (AvgIpc) is 3.21. The molecule has 2 aromatic carbocycles. The van der Waals surface area contributed by atoms with E-state index in [1.165, 1.54) is 10.7 Å². The number of aromatic nitrogens is 3. The molecule has 2 N–H and O–H groups in total. The number of ether oxygens (including phenoxy) is 1. The van der Waals surface area contributed by atoms with Crippen LogP contribution in [0.15, 0.2) is 71.7 Å². The van der Waals surface area contributed by atoms with Gasteiger partial charge in [-0.2, -0.15) is 5.10 Å². The average molecular weight is 388 g/mol. The van der Waals surface area contributed by atoms with Crippen molar-refractivity contribution in [2.45, 2.75) is 13.0 Å². The first-order valence-corrected chi connectivity index (χ1v) is 9.17. The topological polar surface area (TPSA) is 89.0 Å². The first-order chi connectivity index (χ1) is 14.0. The van der Waals surface area contributed by atoms with Crippen LogP contribution in [-0.2, 0) is 4.79 Å². The highest BCUT2D eigenvalue weighted by molar-refractivity contribution is 5.95. The second kappa shape index (κ2) is 7.63. The van der Waals surface area contributed by atoms with E-state index in [-0.39, 0.29) is 11.5 Å². The molecule has 1 unspecified atom stereocenters. The fraction of sp³-hybridized carbons (Fsp3) is 0.136. The lowest BCUT2D eigenvalue weighted by Gasteiger charge is -2.15. The van der Waals surface area contributed by atoms with E-state index in [2.05, 4.69) is 15.4 Å². The summed E-state index contributed by atoms with van der Waals surface area (Å²) < 4.78 is 6.44. The number of hydrogen-bond donors (Lipinski definition) is 2. The van der Waals surface area contributed by atoms with E-state index in [1.54, 1.807) is 20.1 Å². The molecule has 0 saturated carbocycles. The summed E-state index contributed by atoms with van der Waals surface area (Å²) in [7, 11) is 1.59. The molecule has 0 saturated heterocycles. The monoisotopic (exact) mass is 388 g/mol. The number of H-pyrrole nitrogens is 1. The highest BCUT2D eigenvalue weighted by atomic mass is 16.5. The lowest BCUT2D eigenvalue weighted by Crippen LogP contribution is -2.33. The van der Waals surface area contributed by atoms with Crippen LogP contribution in [0.2, 0.25) is 0 Å². The summed E-state index contributed by atoms with van der Waals surface area (Å²) in [5, 5.41) is 8.25. The summed E-state index contributed by atoms with van der Waals surface area (Å²) in [6.45, 7) is 1.65. The lowest BCUT2D eigenvalue weighted by atomic mass is 10.1. The lowest BCUT2D eigenvalue weighted by molar-refractivity contribution is -0.119. The molecule has 1 amide bonds. The van der Waals surface area contributed by atoms with Crippen LogP contribution in [0.4, 0.5) is 5.69 Å². The van der Waals surface area contributed by atoms with Crippen LogP contribution in [0.25, 0.3) is 22.2 Å². The van der Waals surface area contributed by atoms with Crippen LogP contribution in [-0.4, -0.2) is 27.8 Å². The van der Waals surface area contributed by atoms with E-state index in [4.69, 9.17) is 4.74 Å². The van der Waals surface area contributed by atoms with Gasteiger partial charge in [-0.25, -0.2) is 4.68 Å². The number of nitrogens with one attached hydrogen (secondary N) is 2. The van der Waals surface area contributed by atoms with Gasteiger partial charge in [-0.1, -0.05) is 12.1 Å². The SMILES string of the molecule is COc1cccc(-c2ccc(=O)n(C(C)C(=O)Nc3ccc4[nH]ccc4c3)n2)c1. The molecule has 0 radical (unpaired) electrons. The predicted octanol–water partition coefficient (Wildman–Crippen LogP) is 3.60. The Bertz CT molecular complexity index is 1240. The summed E-state index contributed by atoms with van der Waals surface area (Å²) in [5.74, 6) is 0.366. The van der Waals surface area contributed by atoms with Crippen molar-refractivity contribution in [2.24, 2.45) is 0 Å². The minimum absolute atomic E-state index is 0.322. The number of carbonyl (C=O) groups is 1. The van der Waals surface area contributed by atoms with Crippen LogP contribution in [0.3, 0.4) is 0 Å². The number of carbonyl (C=O) groups excluding carboxylic acids is 1. The number of hydrogen-bond acceptors (Lipinski definition) is 4. The highest BCUT2D eigenvalue weighted by Crippen LogP contribution is 2.22. The Hall–Kier alpha value is -3.87. The van der Waals surface area contributed by atoms with E-state index in [1.807, 2.05) is 54.7 Å². The molecule has 0 aliphatic carbocycles. The van der Waals surface area contributed by atoms with Gasteiger partial charge in [0, 0.05) is 34.4 Å². The van der Waals surface area contributed by atoms with Gasteiger partial charge in [0.15, 0.2) is 0 Å². The molecular formula is C22H20N4O3. The van der Waals surface area contributed by atoms with Gasteiger partial charge in [0.25, 0.3) is 5.56 Å². The van der Waals surface area contributed by atoms with Crippen LogP contribution in [0.5, 0.6) is 5.75 Å². The minimum atomic E-state index is -0.782. The zero-order valence-corrected chi connectivity index (χ0v) is 16.0. The van der Waals surface area contributed by atoms with Crippen molar-refractivity contribution in [3.05, 3.63) is 77.2 Å². The van der Waals surface area contributed by atoms with Gasteiger partial charge < -0.3 is 15.0 Å². The maximum absolute atomic E-state index is 12.7. The number of anilines is 1. The third kappa shape index (κ3) is 3.75. The third-order valence-electron chi connectivity index (χ3n) is 4.76. The fourth-order valence-electron chi connectivity index (χ4n) is 3.13. The Morgan fingerprint density at radius 1 is 1.14 bits per heavy atom. The second-order valence-corrected chi connectivity index (χ2v) is 6.68. The molecule has 4 rings (SSSR count). The molecule has 0 aliphatic heterocycles. The van der Waals surface area contributed by atoms with Gasteiger partial charge in [-0.3, -0.25) is 9.59 Å². The molecule has 146 valence electrons. The van der Waals surface area contributed by atoms with Gasteiger partial charge in [0.05, 0.1) is 12.8 Å². The van der Waals surface area contributed by atoms with E-state index >= 15 is 0 Å². The highest BCUT2D eigenvalue weighted by Gasteiger charge is 2.18. The van der Waals surface area contributed by atoms with E-state index in [0.29, 0.717) is 17.1 Å². The van der Waals surface area contributed by atoms with Crippen molar-refractivity contribution in [1.82, 2.24) is 14.8 Å². The van der Waals surface area contributed by atoms with E-state index in [9.17, 15) is 9.59 Å². The maximum atomic E-state index is 12.7.